The fourth-order valence-corrected chi connectivity index (χ4v) is 2.58. The average Bonchev–Trinajstić information content (AvgIpc) is 2.53. The van der Waals surface area contributed by atoms with Crippen LogP contribution in [-0.4, -0.2) is 18.2 Å². The largest absolute Gasteiger partial charge is 0.497 e. The van der Waals surface area contributed by atoms with Crippen LogP contribution in [0.4, 0.5) is 0 Å². The summed E-state index contributed by atoms with van der Waals surface area (Å²) in [5, 5.41) is 9.08. The quantitative estimate of drug-likeness (QED) is 0.937. The number of methoxy groups -OCH3 is 1. The van der Waals surface area contributed by atoms with Gasteiger partial charge in [0.1, 0.15) is 17.6 Å². The Morgan fingerprint density at radius 1 is 1.29 bits per heavy atom. The number of fused-ring (bicyclic) bond motifs is 1. The van der Waals surface area contributed by atoms with Gasteiger partial charge >= 0.3 is 5.97 Å². The van der Waals surface area contributed by atoms with Crippen LogP contribution in [0.25, 0.3) is 0 Å². The summed E-state index contributed by atoms with van der Waals surface area (Å²) in [5.41, 5.74) is 2.33. The lowest BCUT2D eigenvalue weighted by molar-refractivity contribution is 0.0696. The monoisotopic (exact) mass is 284 g/mol. The Balaban J connectivity index is 1.88. The molecule has 4 heteroatoms. The Hall–Kier alpha value is -2.49. The van der Waals surface area contributed by atoms with Crippen molar-refractivity contribution in [1.29, 1.82) is 0 Å². The smallest absolute Gasteiger partial charge is 0.335 e. The van der Waals surface area contributed by atoms with Crippen molar-refractivity contribution in [1.82, 2.24) is 0 Å². The van der Waals surface area contributed by atoms with Crippen molar-refractivity contribution < 1.29 is 19.4 Å². The summed E-state index contributed by atoms with van der Waals surface area (Å²) in [7, 11) is 1.62. The zero-order valence-electron chi connectivity index (χ0n) is 11.7. The Morgan fingerprint density at radius 3 is 2.90 bits per heavy atom. The molecule has 4 nitrogen and oxygen atoms in total. The van der Waals surface area contributed by atoms with Crippen molar-refractivity contribution in [3.05, 3.63) is 59.2 Å². The molecule has 0 bridgehead atoms. The van der Waals surface area contributed by atoms with Gasteiger partial charge in [0.2, 0.25) is 0 Å². The van der Waals surface area contributed by atoms with Crippen LogP contribution in [0, 0.1) is 0 Å². The van der Waals surface area contributed by atoms with Gasteiger partial charge in [0, 0.05) is 6.07 Å². The first-order valence-electron chi connectivity index (χ1n) is 6.84. The van der Waals surface area contributed by atoms with Crippen LogP contribution in [0.5, 0.6) is 11.5 Å². The first-order chi connectivity index (χ1) is 10.2. The number of aromatic carboxylic acids is 1. The van der Waals surface area contributed by atoms with E-state index in [0.29, 0.717) is 0 Å². The van der Waals surface area contributed by atoms with E-state index in [-0.39, 0.29) is 11.7 Å². The molecule has 0 aliphatic carbocycles. The molecule has 0 saturated heterocycles. The number of aryl methyl sites for hydroxylation is 1. The first-order valence-corrected chi connectivity index (χ1v) is 6.84. The molecule has 21 heavy (non-hydrogen) atoms. The maximum Gasteiger partial charge on any atom is 0.335 e. The number of benzene rings is 2. The molecule has 1 aliphatic rings. The molecule has 2 aromatic rings. The Bertz CT molecular complexity index is 678. The van der Waals surface area contributed by atoms with E-state index in [9.17, 15) is 4.79 Å². The molecule has 0 fully saturated rings. The molecule has 0 aromatic heterocycles. The zero-order valence-corrected chi connectivity index (χ0v) is 11.7. The Labute approximate surface area is 122 Å². The van der Waals surface area contributed by atoms with E-state index in [1.807, 2.05) is 24.3 Å². The van der Waals surface area contributed by atoms with Crippen molar-refractivity contribution in [3.63, 3.8) is 0 Å². The van der Waals surface area contributed by atoms with Gasteiger partial charge in [0.15, 0.2) is 0 Å². The highest BCUT2D eigenvalue weighted by Gasteiger charge is 2.22. The second-order valence-corrected chi connectivity index (χ2v) is 5.05. The van der Waals surface area contributed by atoms with Crippen molar-refractivity contribution in [2.45, 2.75) is 18.9 Å². The number of carbonyl (C=O) groups is 1. The van der Waals surface area contributed by atoms with Crippen molar-refractivity contribution in [2.24, 2.45) is 0 Å². The van der Waals surface area contributed by atoms with Crippen LogP contribution in [0.3, 0.4) is 0 Å². The molecule has 1 heterocycles. The average molecular weight is 284 g/mol. The fourth-order valence-electron chi connectivity index (χ4n) is 2.58. The molecule has 1 atom stereocenters. The van der Waals surface area contributed by atoms with E-state index in [1.54, 1.807) is 25.3 Å². The normalized spacial score (nSPS) is 16.7. The van der Waals surface area contributed by atoms with Gasteiger partial charge in [-0.05, 0) is 42.2 Å². The third-order valence-corrected chi connectivity index (χ3v) is 3.72. The van der Waals surface area contributed by atoms with Crippen LogP contribution < -0.4 is 9.47 Å². The van der Waals surface area contributed by atoms with E-state index in [4.69, 9.17) is 14.6 Å². The van der Waals surface area contributed by atoms with Crippen molar-refractivity contribution >= 4 is 5.97 Å². The molecule has 108 valence electrons. The van der Waals surface area contributed by atoms with Crippen molar-refractivity contribution in [2.75, 3.05) is 7.11 Å². The number of hydrogen-bond donors (Lipinski definition) is 1. The molecule has 2 aromatic carbocycles. The second-order valence-electron chi connectivity index (χ2n) is 5.05. The highest BCUT2D eigenvalue weighted by Crippen LogP contribution is 2.37. The summed E-state index contributed by atoms with van der Waals surface area (Å²) in [5.74, 6) is 0.648. The topological polar surface area (TPSA) is 55.8 Å². The minimum absolute atomic E-state index is 0.121. The molecule has 1 N–H and O–H groups in total. The number of carboxylic acids is 1. The van der Waals surface area contributed by atoms with Gasteiger partial charge in [-0.3, -0.25) is 0 Å². The van der Waals surface area contributed by atoms with Gasteiger partial charge in [0.05, 0.1) is 12.7 Å². The molecule has 1 unspecified atom stereocenters. The summed E-state index contributed by atoms with van der Waals surface area (Å²) in [6.45, 7) is 0. The number of carboxylic acid groups (broad SMARTS) is 1. The fraction of sp³-hybridized carbons (Fsp3) is 0.235. The highest BCUT2D eigenvalue weighted by atomic mass is 16.5. The predicted molar refractivity (Wildman–Crippen MR) is 78.1 cm³/mol. The molecule has 1 aliphatic heterocycles. The van der Waals surface area contributed by atoms with Gasteiger partial charge in [-0.15, -0.1) is 0 Å². The lowest BCUT2D eigenvalue weighted by atomic mass is 9.96. The van der Waals surface area contributed by atoms with E-state index in [0.717, 1.165) is 35.5 Å². The summed E-state index contributed by atoms with van der Waals surface area (Å²) in [6, 6.07) is 12.7. The number of hydrogen-bond acceptors (Lipinski definition) is 3. The standard InChI is InChI=1S/C17H16O4/c1-20-14-7-5-11-6-8-15(21-16(11)10-14)12-3-2-4-13(9-12)17(18)19/h2-5,7,9-10,15H,6,8H2,1H3,(H,18,19). The number of ether oxygens (including phenoxy) is 2. The molecule has 0 amide bonds. The lowest BCUT2D eigenvalue weighted by Crippen LogP contribution is -2.15. The Morgan fingerprint density at radius 2 is 2.14 bits per heavy atom. The predicted octanol–water partition coefficient (Wildman–Crippen LogP) is 3.46. The zero-order chi connectivity index (χ0) is 14.8. The van der Waals surface area contributed by atoms with Gasteiger partial charge < -0.3 is 14.6 Å². The SMILES string of the molecule is COc1ccc2c(c1)OC(c1cccc(C(=O)O)c1)CC2. The summed E-state index contributed by atoms with van der Waals surface area (Å²) in [4.78, 5) is 11.1. The molecule has 0 radical (unpaired) electrons. The third kappa shape index (κ3) is 2.70. The van der Waals surface area contributed by atoms with Crippen LogP contribution in [-0.2, 0) is 6.42 Å². The minimum atomic E-state index is -0.922. The van der Waals surface area contributed by atoms with E-state index in [2.05, 4.69) is 0 Å². The molecular weight excluding hydrogens is 268 g/mol. The molecule has 0 spiro atoms. The van der Waals surface area contributed by atoms with Crippen LogP contribution >= 0.6 is 0 Å². The lowest BCUT2D eigenvalue weighted by Gasteiger charge is -2.27. The van der Waals surface area contributed by atoms with E-state index < -0.39 is 5.97 Å². The second kappa shape index (κ2) is 5.48. The number of rotatable bonds is 3. The molecule has 0 saturated carbocycles. The van der Waals surface area contributed by atoms with Crippen molar-refractivity contribution in [3.8, 4) is 11.5 Å². The first kappa shape index (κ1) is 13.5. The highest BCUT2D eigenvalue weighted by molar-refractivity contribution is 5.87. The maximum atomic E-state index is 11.1. The van der Waals surface area contributed by atoms with Crippen LogP contribution in [0.2, 0.25) is 0 Å². The maximum absolute atomic E-state index is 11.1. The molecule has 3 rings (SSSR count). The summed E-state index contributed by atoms with van der Waals surface area (Å²) in [6.07, 6.45) is 1.62. The van der Waals surface area contributed by atoms with Crippen LogP contribution in [0.15, 0.2) is 42.5 Å². The summed E-state index contributed by atoms with van der Waals surface area (Å²) >= 11 is 0. The van der Waals surface area contributed by atoms with Gasteiger partial charge in [-0.25, -0.2) is 4.79 Å². The summed E-state index contributed by atoms with van der Waals surface area (Å²) < 4.78 is 11.2. The van der Waals surface area contributed by atoms with Gasteiger partial charge in [-0.2, -0.15) is 0 Å². The van der Waals surface area contributed by atoms with E-state index >= 15 is 0 Å². The Kier molecular flexibility index (Phi) is 3.52. The van der Waals surface area contributed by atoms with Crippen LogP contribution in [0.1, 0.15) is 34.0 Å². The molecular formula is C17H16O4. The minimum Gasteiger partial charge on any atom is -0.497 e. The third-order valence-electron chi connectivity index (χ3n) is 3.72. The van der Waals surface area contributed by atoms with E-state index in [1.165, 1.54) is 0 Å². The van der Waals surface area contributed by atoms with Gasteiger partial charge in [-0.1, -0.05) is 18.2 Å². The van der Waals surface area contributed by atoms with Gasteiger partial charge in [0.25, 0.3) is 0 Å².